The number of fused-ring (bicyclic) bond motifs is 1. The molecule has 1 saturated heterocycles. The molecule has 0 unspecified atom stereocenters. The molecule has 3 heterocycles. The first-order chi connectivity index (χ1) is 15.7. The number of nitrogens with zero attached hydrogens (tertiary/aromatic N) is 4. The van der Waals surface area contributed by atoms with Gasteiger partial charge in [0, 0.05) is 43.3 Å². The lowest BCUT2D eigenvalue weighted by Gasteiger charge is -2.35. The Morgan fingerprint density at radius 2 is 1.72 bits per heavy atom. The number of hydrogen-bond donors (Lipinski definition) is 1. The highest BCUT2D eigenvalue weighted by atomic mass is 35.5. The zero-order valence-corrected chi connectivity index (χ0v) is 18.4. The SMILES string of the molecule is O=C(CCc1ccc(Cl)cc1)N1CCN(c2ncnc3[nH]c(-c4ccccc4)cc23)CC1. The highest BCUT2D eigenvalue weighted by Gasteiger charge is 2.23. The minimum absolute atomic E-state index is 0.195. The van der Waals surface area contributed by atoms with E-state index < -0.39 is 0 Å². The van der Waals surface area contributed by atoms with Crippen molar-refractivity contribution in [2.45, 2.75) is 12.8 Å². The summed E-state index contributed by atoms with van der Waals surface area (Å²) in [6.45, 7) is 2.90. The van der Waals surface area contributed by atoms with Crippen LogP contribution in [0.2, 0.25) is 5.02 Å². The van der Waals surface area contributed by atoms with Gasteiger partial charge in [-0.05, 0) is 35.7 Å². The second kappa shape index (κ2) is 9.01. The molecule has 0 aliphatic carbocycles. The van der Waals surface area contributed by atoms with Crippen LogP contribution in [0.15, 0.2) is 67.0 Å². The van der Waals surface area contributed by atoms with Crippen LogP contribution in [0, 0.1) is 0 Å². The molecule has 1 amide bonds. The summed E-state index contributed by atoms with van der Waals surface area (Å²) < 4.78 is 0. The van der Waals surface area contributed by atoms with Crippen LogP contribution in [0.3, 0.4) is 0 Å². The lowest BCUT2D eigenvalue weighted by molar-refractivity contribution is -0.131. The van der Waals surface area contributed by atoms with Crippen LogP contribution < -0.4 is 4.90 Å². The van der Waals surface area contributed by atoms with Crippen molar-refractivity contribution in [1.29, 1.82) is 0 Å². The number of rotatable bonds is 5. The molecule has 1 N–H and O–H groups in total. The van der Waals surface area contributed by atoms with E-state index in [2.05, 4.69) is 38.1 Å². The van der Waals surface area contributed by atoms with Crippen molar-refractivity contribution >= 4 is 34.4 Å². The summed E-state index contributed by atoms with van der Waals surface area (Å²) in [5, 5.41) is 1.72. The number of amides is 1. The second-order valence-electron chi connectivity index (χ2n) is 8.00. The molecule has 162 valence electrons. The largest absolute Gasteiger partial charge is 0.352 e. The zero-order valence-electron chi connectivity index (χ0n) is 17.7. The van der Waals surface area contributed by atoms with Crippen LogP contribution >= 0.6 is 11.6 Å². The summed E-state index contributed by atoms with van der Waals surface area (Å²) in [6, 6.07) is 20.0. The summed E-state index contributed by atoms with van der Waals surface area (Å²) in [6.07, 6.45) is 2.85. The number of aryl methyl sites for hydroxylation is 1. The number of H-pyrrole nitrogens is 1. The molecule has 0 radical (unpaired) electrons. The molecular formula is C25H24ClN5O. The topological polar surface area (TPSA) is 65.1 Å². The molecule has 1 fully saturated rings. The van der Waals surface area contributed by atoms with Crippen LogP contribution in [0.1, 0.15) is 12.0 Å². The van der Waals surface area contributed by atoms with Crippen LogP contribution in [0.25, 0.3) is 22.3 Å². The van der Waals surface area contributed by atoms with Crippen LogP contribution in [-0.2, 0) is 11.2 Å². The standard InChI is InChI=1S/C25H24ClN5O/c26-20-9-6-18(7-10-20)8-11-23(32)30-12-14-31(15-13-30)25-21-16-22(19-4-2-1-3-5-19)29-24(21)27-17-28-25/h1-7,9-10,16-17H,8,11-15H2,(H,27,28,29). The summed E-state index contributed by atoms with van der Waals surface area (Å²) in [5.74, 6) is 1.11. The first-order valence-corrected chi connectivity index (χ1v) is 11.2. The molecule has 5 rings (SSSR count). The molecule has 1 aliphatic heterocycles. The van der Waals surface area contributed by atoms with Crippen LogP contribution in [0.4, 0.5) is 5.82 Å². The van der Waals surface area contributed by atoms with E-state index in [-0.39, 0.29) is 5.91 Å². The molecule has 4 aromatic rings. The van der Waals surface area contributed by atoms with Gasteiger partial charge in [0.15, 0.2) is 0 Å². The molecule has 0 bridgehead atoms. The van der Waals surface area contributed by atoms with E-state index in [4.69, 9.17) is 11.6 Å². The third-order valence-electron chi connectivity index (χ3n) is 5.96. The Labute approximate surface area is 191 Å². The lowest BCUT2D eigenvalue weighted by atomic mass is 10.1. The number of hydrogen-bond acceptors (Lipinski definition) is 4. The van der Waals surface area contributed by atoms with Crippen molar-refractivity contribution in [3.05, 3.63) is 77.6 Å². The summed E-state index contributed by atoms with van der Waals surface area (Å²) in [4.78, 5) is 29.3. The number of nitrogens with one attached hydrogen (secondary N) is 1. The molecule has 6 nitrogen and oxygen atoms in total. The van der Waals surface area contributed by atoms with E-state index in [1.807, 2.05) is 47.4 Å². The number of benzene rings is 2. The molecular weight excluding hydrogens is 422 g/mol. The number of aromatic nitrogens is 3. The average molecular weight is 446 g/mol. The molecule has 0 spiro atoms. The number of aromatic amines is 1. The number of piperazine rings is 1. The summed E-state index contributed by atoms with van der Waals surface area (Å²) in [7, 11) is 0. The highest BCUT2D eigenvalue weighted by molar-refractivity contribution is 6.30. The average Bonchev–Trinajstić information content (AvgIpc) is 3.29. The van der Waals surface area contributed by atoms with E-state index in [9.17, 15) is 4.79 Å². The van der Waals surface area contributed by atoms with Gasteiger partial charge in [-0.2, -0.15) is 0 Å². The maximum atomic E-state index is 12.7. The second-order valence-corrected chi connectivity index (χ2v) is 8.44. The molecule has 0 saturated carbocycles. The van der Waals surface area contributed by atoms with E-state index in [0.717, 1.165) is 53.2 Å². The van der Waals surface area contributed by atoms with Gasteiger partial charge in [-0.15, -0.1) is 0 Å². The van der Waals surface area contributed by atoms with Gasteiger partial charge in [0.2, 0.25) is 5.91 Å². The maximum absolute atomic E-state index is 12.7. The first-order valence-electron chi connectivity index (χ1n) is 10.8. The molecule has 0 atom stereocenters. The first kappa shape index (κ1) is 20.5. The Morgan fingerprint density at radius 3 is 2.47 bits per heavy atom. The smallest absolute Gasteiger partial charge is 0.223 e. The van der Waals surface area contributed by atoms with Crippen molar-refractivity contribution in [1.82, 2.24) is 19.9 Å². The monoisotopic (exact) mass is 445 g/mol. The molecule has 32 heavy (non-hydrogen) atoms. The van der Waals surface area contributed by atoms with E-state index in [0.29, 0.717) is 24.5 Å². The number of carbonyl (C=O) groups is 1. The van der Waals surface area contributed by atoms with E-state index >= 15 is 0 Å². The van der Waals surface area contributed by atoms with Crippen LogP contribution in [-0.4, -0.2) is 51.9 Å². The Kier molecular flexibility index (Phi) is 5.77. The van der Waals surface area contributed by atoms with Crippen molar-refractivity contribution in [3.63, 3.8) is 0 Å². The fourth-order valence-corrected chi connectivity index (χ4v) is 4.31. The summed E-state index contributed by atoms with van der Waals surface area (Å²) >= 11 is 5.94. The molecule has 1 aliphatic rings. The van der Waals surface area contributed by atoms with Gasteiger partial charge in [0.25, 0.3) is 0 Å². The fraction of sp³-hybridized carbons (Fsp3) is 0.240. The van der Waals surface area contributed by atoms with E-state index in [1.165, 1.54) is 0 Å². The lowest BCUT2D eigenvalue weighted by Crippen LogP contribution is -2.49. The van der Waals surface area contributed by atoms with Crippen molar-refractivity contribution in [3.8, 4) is 11.3 Å². The Morgan fingerprint density at radius 1 is 0.969 bits per heavy atom. The number of anilines is 1. The summed E-state index contributed by atoms with van der Waals surface area (Å²) in [5.41, 5.74) is 4.10. The van der Waals surface area contributed by atoms with Gasteiger partial charge in [-0.3, -0.25) is 4.79 Å². The van der Waals surface area contributed by atoms with Crippen molar-refractivity contribution < 1.29 is 4.79 Å². The van der Waals surface area contributed by atoms with Gasteiger partial charge in [0.1, 0.15) is 17.8 Å². The highest BCUT2D eigenvalue weighted by Crippen LogP contribution is 2.29. The minimum atomic E-state index is 0.195. The zero-order chi connectivity index (χ0) is 21.9. The van der Waals surface area contributed by atoms with Gasteiger partial charge in [0.05, 0.1) is 5.39 Å². The number of halogens is 1. The van der Waals surface area contributed by atoms with Crippen molar-refractivity contribution in [2.24, 2.45) is 0 Å². The maximum Gasteiger partial charge on any atom is 0.223 e. The normalized spacial score (nSPS) is 14.2. The van der Waals surface area contributed by atoms with Gasteiger partial charge < -0.3 is 14.8 Å². The van der Waals surface area contributed by atoms with Crippen molar-refractivity contribution in [2.75, 3.05) is 31.1 Å². The quantitative estimate of drug-likeness (QED) is 0.489. The van der Waals surface area contributed by atoms with Crippen LogP contribution in [0.5, 0.6) is 0 Å². The fourth-order valence-electron chi connectivity index (χ4n) is 4.18. The van der Waals surface area contributed by atoms with Gasteiger partial charge >= 0.3 is 0 Å². The van der Waals surface area contributed by atoms with Gasteiger partial charge in [-0.1, -0.05) is 54.1 Å². The third-order valence-corrected chi connectivity index (χ3v) is 6.21. The Balaban J connectivity index is 1.24. The Bertz CT molecular complexity index is 1210. The molecule has 2 aromatic carbocycles. The molecule has 7 heteroatoms. The predicted octanol–water partition coefficient (Wildman–Crippen LogP) is 4.56. The minimum Gasteiger partial charge on any atom is -0.352 e. The third kappa shape index (κ3) is 4.32. The predicted molar refractivity (Wildman–Crippen MR) is 128 cm³/mol. The van der Waals surface area contributed by atoms with E-state index in [1.54, 1.807) is 6.33 Å². The number of carbonyl (C=O) groups excluding carboxylic acids is 1. The Hall–Kier alpha value is -3.38. The molecule has 2 aromatic heterocycles. The van der Waals surface area contributed by atoms with Gasteiger partial charge in [-0.25, -0.2) is 9.97 Å².